The number of nitrogens with zero attached hydrogens (tertiary/aromatic N) is 2. The van der Waals surface area contributed by atoms with Crippen molar-refractivity contribution in [2.75, 3.05) is 26.2 Å². The number of hydrogen-bond donors (Lipinski definition) is 2. The van der Waals surface area contributed by atoms with Crippen LogP contribution in [0.25, 0.3) is 0 Å². The first-order valence-electron chi connectivity index (χ1n) is 8.03. The van der Waals surface area contributed by atoms with Crippen LogP contribution < -0.4 is 0 Å². The first-order chi connectivity index (χ1) is 10.1. The summed E-state index contributed by atoms with van der Waals surface area (Å²) >= 11 is 0. The molecule has 0 amide bonds. The highest BCUT2D eigenvalue weighted by molar-refractivity contribution is 5.74. The number of unbranched alkanes of at least 4 members (excludes halogenated alkanes) is 2. The van der Waals surface area contributed by atoms with E-state index in [0.717, 1.165) is 71.1 Å². The molecule has 0 aromatic carbocycles. The van der Waals surface area contributed by atoms with E-state index in [1.54, 1.807) is 0 Å². The monoisotopic (exact) mass is 298 g/mol. The van der Waals surface area contributed by atoms with Gasteiger partial charge in [0.25, 0.3) is 0 Å². The zero-order valence-corrected chi connectivity index (χ0v) is 12.5. The first-order valence-corrected chi connectivity index (χ1v) is 8.03. The summed E-state index contributed by atoms with van der Waals surface area (Å²) in [7, 11) is 0. The van der Waals surface area contributed by atoms with Gasteiger partial charge < -0.3 is 10.2 Å². The maximum atomic E-state index is 11.1. The van der Waals surface area contributed by atoms with Gasteiger partial charge in [0, 0.05) is 0 Å². The van der Waals surface area contributed by atoms with E-state index < -0.39 is 11.9 Å². The lowest BCUT2D eigenvalue weighted by Crippen LogP contribution is -2.37. The van der Waals surface area contributed by atoms with E-state index in [4.69, 9.17) is 10.2 Å². The van der Waals surface area contributed by atoms with E-state index in [9.17, 15) is 9.59 Å². The normalized spacial score (nSPS) is 27.2. The van der Waals surface area contributed by atoms with E-state index >= 15 is 0 Å². The third-order valence-corrected chi connectivity index (χ3v) is 4.69. The minimum Gasteiger partial charge on any atom is -0.480 e. The molecule has 2 aliphatic heterocycles. The van der Waals surface area contributed by atoms with Crippen LogP contribution in [0.4, 0.5) is 0 Å². The zero-order valence-electron chi connectivity index (χ0n) is 12.5. The molecule has 0 saturated carbocycles. The van der Waals surface area contributed by atoms with Crippen LogP contribution in [-0.2, 0) is 9.59 Å². The molecule has 2 aliphatic rings. The van der Waals surface area contributed by atoms with Crippen molar-refractivity contribution < 1.29 is 19.8 Å². The number of carboxylic acid groups (broad SMARTS) is 2. The van der Waals surface area contributed by atoms with Crippen molar-refractivity contribution in [1.29, 1.82) is 0 Å². The van der Waals surface area contributed by atoms with Crippen molar-refractivity contribution >= 4 is 11.9 Å². The van der Waals surface area contributed by atoms with Crippen molar-refractivity contribution in [1.82, 2.24) is 9.80 Å². The number of hydrogen-bond acceptors (Lipinski definition) is 4. The second-order valence-electron chi connectivity index (χ2n) is 6.13. The van der Waals surface area contributed by atoms with Crippen molar-refractivity contribution in [2.45, 2.75) is 57.0 Å². The van der Waals surface area contributed by atoms with Crippen LogP contribution in [0.2, 0.25) is 0 Å². The largest absolute Gasteiger partial charge is 0.480 e. The molecule has 2 heterocycles. The van der Waals surface area contributed by atoms with E-state index in [1.807, 2.05) is 0 Å². The Morgan fingerprint density at radius 3 is 1.62 bits per heavy atom. The van der Waals surface area contributed by atoms with Crippen molar-refractivity contribution in [3.05, 3.63) is 0 Å². The molecule has 0 radical (unpaired) electrons. The van der Waals surface area contributed by atoms with Crippen LogP contribution in [0.3, 0.4) is 0 Å². The zero-order chi connectivity index (χ0) is 15.2. The summed E-state index contributed by atoms with van der Waals surface area (Å²) in [5, 5.41) is 18.2. The van der Waals surface area contributed by atoms with Crippen LogP contribution in [0.15, 0.2) is 0 Å². The summed E-state index contributed by atoms with van der Waals surface area (Å²) in [6, 6.07) is -0.583. The van der Waals surface area contributed by atoms with E-state index in [0.29, 0.717) is 0 Å². The fourth-order valence-electron chi connectivity index (χ4n) is 3.55. The van der Waals surface area contributed by atoms with Gasteiger partial charge in [0.15, 0.2) is 0 Å². The van der Waals surface area contributed by atoms with Gasteiger partial charge in [0.05, 0.1) is 0 Å². The van der Waals surface area contributed by atoms with Crippen LogP contribution in [-0.4, -0.2) is 70.2 Å². The van der Waals surface area contributed by atoms with Gasteiger partial charge in [-0.2, -0.15) is 0 Å². The maximum absolute atomic E-state index is 11.1. The van der Waals surface area contributed by atoms with Gasteiger partial charge in [0.2, 0.25) is 0 Å². The first kappa shape index (κ1) is 16.2. The second-order valence-corrected chi connectivity index (χ2v) is 6.13. The van der Waals surface area contributed by atoms with Crippen LogP contribution in [0.1, 0.15) is 44.9 Å². The Labute approximate surface area is 125 Å². The smallest absolute Gasteiger partial charge is 0.320 e. The van der Waals surface area contributed by atoms with Crippen molar-refractivity contribution in [3.63, 3.8) is 0 Å². The van der Waals surface area contributed by atoms with Crippen LogP contribution in [0.5, 0.6) is 0 Å². The van der Waals surface area contributed by atoms with Gasteiger partial charge in [-0.25, -0.2) is 0 Å². The molecule has 21 heavy (non-hydrogen) atoms. The number of aliphatic carboxylic acids is 2. The van der Waals surface area contributed by atoms with Gasteiger partial charge in [-0.15, -0.1) is 0 Å². The Hall–Kier alpha value is -1.14. The SMILES string of the molecule is O=C(O)[C@@H]1CCCN1CCCCCN1CCC[C@H]1C(=O)O. The molecule has 2 fully saturated rings. The van der Waals surface area contributed by atoms with E-state index in [-0.39, 0.29) is 12.1 Å². The highest BCUT2D eigenvalue weighted by Gasteiger charge is 2.30. The Kier molecular flexibility index (Phi) is 5.99. The van der Waals surface area contributed by atoms with E-state index in [2.05, 4.69) is 9.80 Å². The van der Waals surface area contributed by atoms with Gasteiger partial charge in [-0.05, 0) is 64.7 Å². The Morgan fingerprint density at radius 1 is 0.810 bits per heavy atom. The number of carbonyl (C=O) groups is 2. The molecule has 0 aromatic heterocycles. The average Bonchev–Trinajstić information content (AvgIpc) is 3.06. The number of carboxylic acids is 2. The molecule has 6 heteroatoms. The summed E-state index contributed by atoms with van der Waals surface area (Å²) < 4.78 is 0. The molecular formula is C15H26N2O4. The standard InChI is InChI=1S/C15H26N2O4/c18-14(19)12-6-4-10-16(12)8-2-1-3-9-17-11-5-7-13(17)15(20)21/h12-13H,1-11H2,(H,18,19)(H,20,21)/t12-,13-/m0/s1. The molecule has 6 nitrogen and oxygen atoms in total. The molecular weight excluding hydrogens is 272 g/mol. The van der Waals surface area contributed by atoms with Gasteiger partial charge in [-0.3, -0.25) is 19.4 Å². The molecule has 2 N–H and O–H groups in total. The number of likely N-dealkylation sites (tertiary alicyclic amines) is 2. The fourth-order valence-corrected chi connectivity index (χ4v) is 3.55. The second kappa shape index (κ2) is 7.75. The molecule has 2 rings (SSSR count). The van der Waals surface area contributed by atoms with Gasteiger partial charge >= 0.3 is 11.9 Å². The molecule has 0 aliphatic carbocycles. The number of rotatable bonds is 8. The summed E-state index contributed by atoms with van der Waals surface area (Å²) in [4.78, 5) is 26.3. The van der Waals surface area contributed by atoms with Crippen molar-refractivity contribution in [2.24, 2.45) is 0 Å². The van der Waals surface area contributed by atoms with Gasteiger partial charge in [0.1, 0.15) is 12.1 Å². The maximum Gasteiger partial charge on any atom is 0.320 e. The van der Waals surface area contributed by atoms with Crippen LogP contribution in [0, 0.1) is 0 Å². The predicted molar refractivity (Wildman–Crippen MR) is 78.3 cm³/mol. The average molecular weight is 298 g/mol. The lowest BCUT2D eigenvalue weighted by molar-refractivity contribution is -0.143. The third kappa shape index (κ3) is 4.41. The highest BCUT2D eigenvalue weighted by Crippen LogP contribution is 2.20. The molecule has 0 bridgehead atoms. The minimum absolute atomic E-state index is 0.292. The molecule has 2 atom stereocenters. The molecule has 0 aromatic rings. The van der Waals surface area contributed by atoms with Gasteiger partial charge in [-0.1, -0.05) is 6.42 Å². The third-order valence-electron chi connectivity index (χ3n) is 4.69. The summed E-state index contributed by atoms with van der Waals surface area (Å²) in [6.07, 6.45) is 6.51. The Morgan fingerprint density at radius 2 is 1.24 bits per heavy atom. The Balaban J connectivity index is 1.60. The topological polar surface area (TPSA) is 81.1 Å². The molecule has 0 spiro atoms. The summed E-state index contributed by atoms with van der Waals surface area (Å²) in [6.45, 7) is 3.48. The highest BCUT2D eigenvalue weighted by atomic mass is 16.4. The predicted octanol–water partition coefficient (Wildman–Crippen LogP) is 1.25. The summed E-state index contributed by atoms with van der Waals surface area (Å²) in [5.74, 6) is -1.40. The quantitative estimate of drug-likeness (QED) is 0.657. The molecule has 120 valence electrons. The van der Waals surface area contributed by atoms with E-state index in [1.165, 1.54) is 0 Å². The summed E-state index contributed by atoms with van der Waals surface area (Å²) in [5.41, 5.74) is 0. The molecule has 2 saturated heterocycles. The fraction of sp³-hybridized carbons (Fsp3) is 0.867. The lowest BCUT2D eigenvalue weighted by atomic mass is 10.2. The lowest BCUT2D eigenvalue weighted by Gasteiger charge is -2.22. The van der Waals surface area contributed by atoms with Crippen molar-refractivity contribution in [3.8, 4) is 0 Å². The van der Waals surface area contributed by atoms with Crippen LogP contribution >= 0.6 is 0 Å². The minimum atomic E-state index is -0.700. The molecule has 0 unspecified atom stereocenters. The Bertz CT molecular complexity index is 341.